The van der Waals surface area contributed by atoms with Crippen LogP contribution in [-0.2, 0) is 0 Å². The molecule has 0 radical (unpaired) electrons. The van der Waals surface area contributed by atoms with E-state index in [0.29, 0.717) is 16.6 Å². The predicted octanol–water partition coefficient (Wildman–Crippen LogP) is 3.55. The van der Waals surface area contributed by atoms with Gasteiger partial charge in [-0.25, -0.2) is 4.98 Å². The summed E-state index contributed by atoms with van der Waals surface area (Å²) in [7, 11) is 0. The topological polar surface area (TPSA) is 91.7 Å². The van der Waals surface area contributed by atoms with Gasteiger partial charge in [0.15, 0.2) is 5.82 Å². The number of rotatable bonds is 3. The van der Waals surface area contributed by atoms with Crippen LogP contribution in [0.1, 0.15) is 5.56 Å². The van der Waals surface area contributed by atoms with Crippen LogP contribution in [0.5, 0.6) is 11.6 Å². The number of ether oxygens (including phenoxy) is 1. The van der Waals surface area contributed by atoms with Crippen molar-refractivity contribution in [2.24, 2.45) is 0 Å². The third-order valence-electron chi connectivity index (χ3n) is 3.72. The van der Waals surface area contributed by atoms with Crippen molar-refractivity contribution < 1.29 is 4.74 Å². The molecule has 0 saturated heterocycles. The lowest BCUT2D eigenvalue weighted by Gasteiger charge is -2.11. The maximum atomic E-state index is 6.22. The van der Waals surface area contributed by atoms with E-state index in [2.05, 4.69) is 20.3 Å². The lowest BCUT2D eigenvalue weighted by atomic mass is 10.2. The van der Waals surface area contributed by atoms with Crippen molar-refractivity contribution in [1.82, 2.24) is 25.0 Å². The van der Waals surface area contributed by atoms with Crippen molar-refractivity contribution in [2.75, 3.05) is 5.73 Å². The van der Waals surface area contributed by atoms with Crippen LogP contribution in [0.4, 0.5) is 5.69 Å². The number of halogens is 1. The summed E-state index contributed by atoms with van der Waals surface area (Å²) in [6, 6.07) is 12.9. The summed E-state index contributed by atoms with van der Waals surface area (Å²) in [5.74, 6) is 1.23. The quantitative estimate of drug-likeness (QED) is 0.606. The van der Waals surface area contributed by atoms with Gasteiger partial charge in [0, 0.05) is 5.02 Å². The smallest absolute Gasteiger partial charge is 0.248 e. The number of nitrogen functional groups attached to an aromatic ring is 1. The Bertz CT molecular complexity index is 1080. The number of nitrogens with two attached hydrogens (primary N) is 1. The van der Waals surface area contributed by atoms with Crippen molar-refractivity contribution in [3.05, 3.63) is 59.4 Å². The number of anilines is 1. The van der Waals surface area contributed by atoms with E-state index in [1.54, 1.807) is 16.8 Å². The molecule has 25 heavy (non-hydrogen) atoms. The molecule has 7 nitrogen and oxygen atoms in total. The molecule has 4 aromatic rings. The zero-order chi connectivity index (χ0) is 17.4. The Hall–Kier alpha value is -3.19. The molecule has 2 heterocycles. The Morgan fingerprint density at radius 2 is 1.96 bits per heavy atom. The van der Waals surface area contributed by atoms with Crippen LogP contribution in [0.3, 0.4) is 0 Å². The SMILES string of the molecule is Cc1cc(Oc2ncnc(-n3nnc4ccccc43)c2N)ccc1Cl. The van der Waals surface area contributed by atoms with E-state index in [4.69, 9.17) is 22.1 Å². The molecule has 0 bridgehead atoms. The highest BCUT2D eigenvalue weighted by molar-refractivity contribution is 6.31. The van der Waals surface area contributed by atoms with Gasteiger partial charge in [0.05, 0.1) is 5.52 Å². The maximum absolute atomic E-state index is 6.22. The molecule has 2 aromatic carbocycles. The van der Waals surface area contributed by atoms with Gasteiger partial charge >= 0.3 is 0 Å². The van der Waals surface area contributed by atoms with Crippen LogP contribution in [0, 0.1) is 6.92 Å². The number of nitrogens with zero attached hydrogens (tertiary/aromatic N) is 5. The van der Waals surface area contributed by atoms with Crippen molar-refractivity contribution in [3.8, 4) is 17.4 Å². The summed E-state index contributed by atoms with van der Waals surface area (Å²) in [5, 5.41) is 8.90. The Kier molecular flexibility index (Phi) is 3.70. The fraction of sp³-hybridized carbons (Fsp3) is 0.0588. The number of hydrogen-bond acceptors (Lipinski definition) is 6. The standard InChI is InChI=1S/C17H13ClN6O/c1-10-8-11(6-7-12(10)18)25-17-15(19)16(20-9-21-17)24-14-5-3-2-4-13(14)22-23-24/h2-9H,19H2,1H3. The molecule has 0 saturated carbocycles. The molecule has 2 aromatic heterocycles. The Balaban J connectivity index is 1.76. The lowest BCUT2D eigenvalue weighted by molar-refractivity contribution is 0.463. The molecular weight excluding hydrogens is 340 g/mol. The van der Waals surface area contributed by atoms with Crippen LogP contribution in [-0.4, -0.2) is 25.0 Å². The first kappa shape index (κ1) is 15.3. The number of aromatic nitrogens is 5. The molecule has 4 rings (SSSR count). The minimum Gasteiger partial charge on any atom is -0.437 e. The molecule has 2 N–H and O–H groups in total. The summed E-state index contributed by atoms with van der Waals surface area (Å²) in [5.41, 5.74) is 8.92. The van der Waals surface area contributed by atoms with Crippen LogP contribution in [0.2, 0.25) is 5.02 Å². The summed E-state index contributed by atoms with van der Waals surface area (Å²) < 4.78 is 7.36. The maximum Gasteiger partial charge on any atom is 0.248 e. The minimum atomic E-state index is 0.242. The number of hydrogen-bond donors (Lipinski definition) is 1. The molecule has 8 heteroatoms. The van der Waals surface area contributed by atoms with Crippen LogP contribution < -0.4 is 10.5 Å². The third-order valence-corrected chi connectivity index (χ3v) is 4.15. The molecule has 124 valence electrons. The first-order valence-electron chi connectivity index (χ1n) is 7.49. The van der Waals surface area contributed by atoms with Gasteiger partial charge in [0.1, 0.15) is 23.3 Å². The Labute approximate surface area is 148 Å². The Morgan fingerprint density at radius 1 is 1.12 bits per heavy atom. The van der Waals surface area contributed by atoms with Gasteiger partial charge in [0.25, 0.3) is 0 Å². The van der Waals surface area contributed by atoms with Crippen LogP contribution in [0.25, 0.3) is 16.9 Å². The fourth-order valence-electron chi connectivity index (χ4n) is 2.44. The van der Waals surface area contributed by atoms with E-state index >= 15 is 0 Å². The second-order valence-electron chi connectivity index (χ2n) is 5.42. The molecule has 0 unspecified atom stereocenters. The van der Waals surface area contributed by atoms with Gasteiger partial charge in [-0.15, -0.1) is 5.10 Å². The molecular formula is C17H13ClN6O. The molecule has 0 spiro atoms. The van der Waals surface area contributed by atoms with Crippen LogP contribution >= 0.6 is 11.6 Å². The number of benzene rings is 2. The van der Waals surface area contributed by atoms with E-state index in [0.717, 1.165) is 16.6 Å². The summed E-state index contributed by atoms with van der Waals surface area (Å²) >= 11 is 6.04. The van der Waals surface area contributed by atoms with E-state index in [9.17, 15) is 0 Å². The summed E-state index contributed by atoms with van der Waals surface area (Å²) in [4.78, 5) is 8.35. The van der Waals surface area contributed by atoms with E-state index in [-0.39, 0.29) is 11.6 Å². The summed E-state index contributed by atoms with van der Waals surface area (Å²) in [6.45, 7) is 1.89. The predicted molar refractivity (Wildman–Crippen MR) is 95.1 cm³/mol. The largest absolute Gasteiger partial charge is 0.437 e. The van der Waals surface area contributed by atoms with Crippen molar-refractivity contribution in [3.63, 3.8) is 0 Å². The van der Waals surface area contributed by atoms with Gasteiger partial charge in [-0.1, -0.05) is 28.9 Å². The second kappa shape index (κ2) is 6.03. The van der Waals surface area contributed by atoms with E-state index in [1.165, 1.54) is 6.33 Å². The molecule has 0 aliphatic heterocycles. The van der Waals surface area contributed by atoms with Gasteiger partial charge in [-0.2, -0.15) is 9.67 Å². The zero-order valence-electron chi connectivity index (χ0n) is 13.2. The van der Waals surface area contributed by atoms with E-state index < -0.39 is 0 Å². The zero-order valence-corrected chi connectivity index (χ0v) is 14.0. The van der Waals surface area contributed by atoms with Crippen LogP contribution in [0.15, 0.2) is 48.8 Å². The van der Waals surface area contributed by atoms with Crippen molar-refractivity contribution >= 4 is 28.3 Å². The minimum absolute atomic E-state index is 0.242. The molecule has 0 aliphatic carbocycles. The number of fused-ring (bicyclic) bond motifs is 1. The van der Waals surface area contributed by atoms with Gasteiger partial charge in [-0.3, -0.25) is 0 Å². The van der Waals surface area contributed by atoms with Gasteiger partial charge < -0.3 is 10.5 Å². The lowest BCUT2D eigenvalue weighted by Crippen LogP contribution is -2.07. The van der Waals surface area contributed by atoms with Crippen molar-refractivity contribution in [1.29, 1.82) is 0 Å². The number of para-hydroxylation sites is 1. The Morgan fingerprint density at radius 3 is 2.80 bits per heavy atom. The molecule has 0 amide bonds. The van der Waals surface area contributed by atoms with E-state index in [1.807, 2.05) is 37.3 Å². The third kappa shape index (κ3) is 2.74. The highest BCUT2D eigenvalue weighted by atomic mass is 35.5. The highest BCUT2D eigenvalue weighted by Gasteiger charge is 2.15. The fourth-order valence-corrected chi connectivity index (χ4v) is 2.56. The number of aryl methyl sites for hydroxylation is 1. The monoisotopic (exact) mass is 352 g/mol. The average molecular weight is 353 g/mol. The van der Waals surface area contributed by atoms with Crippen molar-refractivity contribution in [2.45, 2.75) is 6.92 Å². The molecule has 0 atom stereocenters. The first-order valence-corrected chi connectivity index (χ1v) is 7.86. The second-order valence-corrected chi connectivity index (χ2v) is 5.83. The normalized spacial score (nSPS) is 11.0. The average Bonchev–Trinajstić information content (AvgIpc) is 3.04. The van der Waals surface area contributed by atoms with Gasteiger partial charge in [-0.05, 0) is 42.8 Å². The summed E-state index contributed by atoms with van der Waals surface area (Å²) in [6.07, 6.45) is 1.38. The first-order chi connectivity index (χ1) is 12.1. The molecule has 0 aliphatic rings. The molecule has 0 fully saturated rings. The highest BCUT2D eigenvalue weighted by Crippen LogP contribution is 2.31. The van der Waals surface area contributed by atoms with Gasteiger partial charge in [0.2, 0.25) is 5.88 Å².